The van der Waals surface area contributed by atoms with Crippen LogP contribution in [0.15, 0.2) is 53.4 Å². The van der Waals surface area contributed by atoms with Gasteiger partial charge in [0.2, 0.25) is 0 Å². The number of benzene rings is 2. The molecule has 2 aromatic carbocycles. The number of ether oxygens (including phenoxy) is 3. The topological polar surface area (TPSA) is 88.1 Å². The summed E-state index contributed by atoms with van der Waals surface area (Å²) in [4.78, 5) is 12.1. The average Bonchev–Trinajstić information content (AvgIpc) is 2.71. The summed E-state index contributed by atoms with van der Waals surface area (Å²) >= 11 is 0. The van der Waals surface area contributed by atoms with Gasteiger partial charge < -0.3 is 14.2 Å². The Labute approximate surface area is 183 Å². The van der Waals surface area contributed by atoms with Gasteiger partial charge in [0.25, 0.3) is 10.1 Å². The van der Waals surface area contributed by atoms with Crippen LogP contribution in [0.25, 0.3) is 0 Å². The van der Waals surface area contributed by atoms with Crippen LogP contribution < -0.4 is 4.74 Å². The van der Waals surface area contributed by atoms with Gasteiger partial charge in [-0.05, 0) is 43.7 Å². The van der Waals surface area contributed by atoms with Gasteiger partial charge in [-0.3, -0.25) is 8.98 Å². The molecule has 31 heavy (non-hydrogen) atoms. The van der Waals surface area contributed by atoms with E-state index in [2.05, 4.69) is 0 Å². The molecule has 0 N–H and O–H groups in total. The van der Waals surface area contributed by atoms with E-state index < -0.39 is 10.1 Å². The van der Waals surface area contributed by atoms with Crippen molar-refractivity contribution in [3.63, 3.8) is 0 Å². The van der Waals surface area contributed by atoms with E-state index in [1.54, 1.807) is 19.1 Å². The van der Waals surface area contributed by atoms with Gasteiger partial charge in [-0.25, -0.2) is 0 Å². The Balaban J connectivity index is 1.45. The lowest BCUT2D eigenvalue weighted by molar-refractivity contribution is -0.151. The van der Waals surface area contributed by atoms with E-state index in [0.29, 0.717) is 38.6 Å². The van der Waals surface area contributed by atoms with Crippen molar-refractivity contribution < 1.29 is 31.6 Å². The normalized spacial score (nSPS) is 15.2. The number of aryl methyl sites for hydroxylation is 1. The standard InChI is InChI=1S/C23H28O7S/c1-3-28-22(24)15-23(16-27-17-23)19-7-9-20(10-8-19)29-13-4-14-30-31(25,26)21-11-5-18(2)6-12-21/h5-12H,3-4,13-17H2,1-2H3. The molecule has 0 radical (unpaired) electrons. The molecule has 1 fully saturated rings. The van der Waals surface area contributed by atoms with Gasteiger partial charge in [0.1, 0.15) is 5.75 Å². The molecule has 0 saturated carbocycles. The number of hydrogen-bond acceptors (Lipinski definition) is 7. The lowest BCUT2D eigenvalue weighted by Crippen LogP contribution is -2.48. The number of carbonyl (C=O) groups is 1. The summed E-state index contributed by atoms with van der Waals surface area (Å²) in [5.74, 6) is 0.434. The summed E-state index contributed by atoms with van der Waals surface area (Å²) in [5, 5.41) is 0. The number of carbonyl (C=O) groups excluding carboxylic acids is 1. The predicted molar refractivity (Wildman–Crippen MR) is 115 cm³/mol. The van der Waals surface area contributed by atoms with Crippen molar-refractivity contribution in [2.75, 3.05) is 33.0 Å². The Kier molecular flexibility index (Phi) is 7.69. The van der Waals surface area contributed by atoms with E-state index in [1.807, 2.05) is 31.2 Å². The maximum atomic E-state index is 12.2. The molecule has 0 unspecified atom stereocenters. The summed E-state index contributed by atoms with van der Waals surface area (Å²) in [7, 11) is -3.76. The number of esters is 1. The first-order valence-electron chi connectivity index (χ1n) is 10.3. The second kappa shape index (κ2) is 10.3. The van der Waals surface area contributed by atoms with Crippen molar-refractivity contribution in [3.8, 4) is 5.75 Å². The van der Waals surface area contributed by atoms with Crippen LogP contribution in [-0.4, -0.2) is 47.4 Å². The molecule has 0 aliphatic carbocycles. The molecule has 1 saturated heterocycles. The van der Waals surface area contributed by atoms with Crippen molar-refractivity contribution in [1.82, 2.24) is 0 Å². The lowest BCUT2D eigenvalue weighted by Gasteiger charge is -2.41. The summed E-state index contributed by atoms with van der Waals surface area (Å²) in [5.41, 5.74) is 1.64. The highest BCUT2D eigenvalue weighted by Gasteiger charge is 2.42. The Morgan fingerprint density at radius 1 is 1.03 bits per heavy atom. The molecule has 1 aliphatic heterocycles. The minimum absolute atomic E-state index is 0.0360. The fourth-order valence-electron chi connectivity index (χ4n) is 3.30. The minimum atomic E-state index is -3.76. The Morgan fingerprint density at radius 2 is 1.71 bits per heavy atom. The van der Waals surface area contributed by atoms with E-state index in [0.717, 1.165) is 11.1 Å². The first-order chi connectivity index (χ1) is 14.8. The Hall–Kier alpha value is -2.42. The summed E-state index contributed by atoms with van der Waals surface area (Å²) in [6.45, 7) is 5.36. The van der Waals surface area contributed by atoms with Crippen LogP contribution in [0.2, 0.25) is 0 Å². The predicted octanol–water partition coefficient (Wildman–Crippen LogP) is 3.39. The Bertz CT molecular complexity index is 962. The van der Waals surface area contributed by atoms with E-state index in [-0.39, 0.29) is 29.3 Å². The van der Waals surface area contributed by atoms with Gasteiger partial charge in [-0.2, -0.15) is 8.42 Å². The van der Waals surface area contributed by atoms with Gasteiger partial charge in [-0.15, -0.1) is 0 Å². The molecule has 8 heteroatoms. The average molecular weight is 449 g/mol. The number of rotatable bonds is 11. The van der Waals surface area contributed by atoms with Crippen molar-refractivity contribution >= 4 is 16.1 Å². The van der Waals surface area contributed by atoms with Gasteiger partial charge in [0.15, 0.2) is 0 Å². The molecular weight excluding hydrogens is 420 g/mol. The van der Waals surface area contributed by atoms with E-state index in [1.165, 1.54) is 12.1 Å². The van der Waals surface area contributed by atoms with Crippen LogP contribution in [0.4, 0.5) is 0 Å². The zero-order valence-electron chi connectivity index (χ0n) is 17.8. The quantitative estimate of drug-likeness (QED) is 0.296. The van der Waals surface area contributed by atoms with Gasteiger partial charge >= 0.3 is 5.97 Å². The molecule has 0 aromatic heterocycles. The lowest BCUT2D eigenvalue weighted by atomic mass is 9.76. The molecule has 1 aliphatic rings. The van der Waals surface area contributed by atoms with Gasteiger partial charge in [0.05, 0.1) is 49.8 Å². The maximum absolute atomic E-state index is 12.2. The molecule has 168 valence electrons. The van der Waals surface area contributed by atoms with Crippen molar-refractivity contribution in [2.45, 2.75) is 37.0 Å². The van der Waals surface area contributed by atoms with Gasteiger partial charge in [0, 0.05) is 6.42 Å². The first kappa shape index (κ1) is 23.2. The molecule has 0 atom stereocenters. The largest absolute Gasteiger partial charge is 0.494 e. The molecule has 0 spiro atoms. The van der Waals surface area contributed by atoms with Gasteiger partial charge in [-0.1, -0.05) is 29.8 Å². The van der Waals surface area contributed by atoms with Crippen molar-refractivity contribution in [1.29, 1.82) is 0 Å². The molecular formula is C23H28O7S. The highest BCUT2D eigenvalue weighted by molar-refractivity contribution is 7.86. The molecule has 0 amide bonds. The van der Waals surface area contributed by atoms with Crippen molar-refractivity contribution in [2.24, 2.45) is 0 Å². The highest BCUT2D eigenvalue weighted by Crippen LogP contribution is 2.36. The van der Waals surface area contributed by atoms with E-state index in [9.17, 15) is 13.2 Å². The zero-order valence-corrected chi connectivity index (χ0v) is 18.7. The van der Waals surface area contributed by atoms with Crippen LogP contribution in [0.3, 0.4) is 0 Å². The molecule has 0 bridgehead atoms. The third-order valence-electron chi connectivity index (χ3n) is 5.12. The fraction of sp³-hybridized carbons (Fsp3) is 0.435. The summed E-state index contributed by atoms with van der Waals surface area (Å²) in [6, 6.07) is 14.1. The second-order valence-corrected chi connectivity index (χ2v) is 9.19. The highest BCUT2D eigenvalue weighted by atomic mass is 32.2. The SMILES string of the molecule is CCOC(=O)CC1(c2ccc(OCCCOS(=O)(=O)c3ccc(C)cc3)cc2)COC1. The number of hydrogen-bond donors (Lipinski definition) is 0. The van der Waals surface area contributed by atoms with E-state index in [4.69, 9.17) is 18.4 Å². The zero-order chi connectivity index (χ0) is 22.3. The van der Waals surface area contributed by atoms with Crippen LogP contribution in [0.5, 0.6) is 5.75 Å². The molecule has 2 aromatic rings. The monoisotopic (exact) mass is 448 g/mol. The fourth-order valence-corrected chi connectivity index (χ4v) is 4.25. The Morgan fingerprint density at radius 3 is 2.29 bits per heavy atom. The van der Waals surface area contributed by atoms with Crippen LogP contribution in [0.1, 0.15) is 30.9 Å². The molecule has 1 heterocycles. The minimum Gasteiger partial charge on any atom is -0.494 e. The maximum Gasteiger partial charge on any atom is 0.306 e. The summed E-state index contributed by atoms with van der Waals surface area (Å²) in [6.07, 6.45) is 0.710. The van der Waals surface area contributed by atoms with Crippen molar-refractivity contribution in [3.05, 3.63) is 59.7 Å². The second-order valence-electron chi connectivity index (χ2n) is 7.57. The first-order valence-corrected chi connectivity index (χ1v) is 11.7. The van der Waals surface area contributed by atoms with Crippen LogP contribution >= 0.6 is 0 Å². The molecule has 3 rings (SSSR count). The third-order valence-corrected chi connectivity index (χ3v) is 6.44. The van der Waals surface area contributed by atoms with Crippen LogP contribution in [0, 0.1) is 6.92 Å². The smallest absolute Gasteiger partial charge is 0.306 e. The third kappa shape index (κ3) is 6.06. The van der Waals surface area contributed by atoms with E-state index >= 15 is 0 Å². The summed E-state index contributed by atoms with van der Waals surface area (Å²) < 4.78 is 45.5. The molecule has 7 nitrogen and oxygen atoms in total. The van der Waals surface area contributed by atoms with Crippen LogP contribution in [-0.2, 0) is 34.0 Å².